The molecule has 0 aromatic carbocycles. The summed E-state index contributed by atoms with van der Waals surface area (Å²) in [7, 11) is 1.36. The van der Waals surface area contributed by atoms with Crippen molar-refractivity contribution in [3.8, 4) is 0 Å². The number of nitrogens with zero attached hydrogens (tertiary/aromatic N) is 1. The first-order valence-corrected chi connectivity index (χ1v) is 3.87. The summed E-state index contributed by atoms with van der Waals surface area (Å²) in [5.41, 5.74) is -0.105. The van der Waals surface area contributed by atoms with Crippen LogP contribution in [0.25, 0.3) is 0 Å². The molecule has 0 atom stereocenters. The van der Waals surface area contributed by atoms with E-state index in [-0.39, 0.29) is 17.3 Å². The Morgan fingerprint density at radius 3 is 2.92 bits per heavy atom. The van der Waals surface area contributed by atoms with Gasteiger partial charge in [0.05, 0.1) is 5.56 Å². The van der Waals surface area contributed by atoms with E-state index in [0.717, 1.165) is 0 Å². The summed E-state index contributed by atoms with van der Waals surface area (Å²) < 4.78 is 17.5. The Hall–Kier alpha value is -1.00. The minimum atomic E-state index is -0.866. The molecule has 0 fully saturated rings. The third kappa shape index (κ3) is 2.47. The van der Waals surface area contributed by atoms with Crippen molar-refractivity contribution in [3.63, 3.8) is 0 Å². The van der Waals surface area contributed by atoms with E-state index in [1.54, 1.807) is 0 Å². The van der Waals surface area contributed by atoms with Crippen LogP contribution < -0.4 is 0 Å². The lowest BCUT2D eigenvalue weighted by molar-refractivity contribution is 0.0843. The number of halogens is 2. The fraction of sp³-hybridized carbons (Fsp3) is 0.250. The lowest BCUT2D eigenvalue weighted by atomic mass is 10.2. The molecule has 1 aromatic heterocycles. The van der Waals surface area contributed by atoms with Crippen LogP contribution in [0.3, 0.4) is 0 Å². The first-order chi connectivity index (χ1) is 6.15. The number of ether oxygens (including phenoxy) is 1. The van der Waals surface area contributed by atoms with Gasteiger partial charge in [0.1, 0.15) is 11.8 Å². The lowest BCUT2D eigenvalue weighted by Crippen LogP contribution is -2.10. The minimum absolute atomic E-state index is 0.0199. The number of rotatable bonds is 3. The molecule has 1 heterocycles. The number of aromatic nitrogens is 1. The van der Waals surface area contributed by atoms with Gasteiger partial charge in [0, 0.05) is 7.11 Å². The van der Waals surface area contributed by atoms with Gasteiger partial charge in [0.25, 0.3) is 0 Å². The lowest BCUT2D eigenvalue weighted by Gasteiger charge is -2.00. The quantitative estimate of drug-likeness (QED) is 0.555. The van der Waals surface area contributed by atoms with E-state index in [2.05, 4.69) is 9.72 Å². The topological polar surface area (TPSA) is 39.2 Å². The van der Waals surface area contributed by atoms with Crippen LogP contribution in [0.1, 0.15) is 10.4 Å². The highest BCUT2D eigenvalue weighted by Crippen LogP contribution is 2.10. The summed E-state index contributed by atoms with van der Waals surface area (Å²) in [4.78, 5) is 14.4. The average Bonchev–Trinajstić information content (AvgIpc) is 2.04. The molecule has 1 aromatic rings. The van der Waals surface area contributed by atoms with E-state index in [0.29, 0.717) is 0 Å². The summed E-state index contributed by atoms with van der Waals surface area (Å²) in [6, 6.07) is 2.64. The van der Waals surface area contributed by atoms with Gasteiger partial charge in [-0.3, -0.25) is 4.79 Å². The Kier molecular flexibility index (Phi) is 3.33. The molecule has 0 saturated carbocycles. The number of hydrogen-bond acceptors (Lipinski definition) is 3. The van der Waals surface area contributed by atoms with Crippen molar-refractivity contribution in [2.45, 2.75) is 0 Å². The summed E-state index contributed by atoms with van der Waals surface area (Å²) in [6.07, 6.45) is 0. The zero-order chi connectivity index (χ0) is 9.84. The standard InChI is InChI=1S/C8H7ClFNO2/c1-13-4-6(12)5-2-3-7(9)11-8(5)10/h2-3H,4H2,1H3. The minimum Gasteiger partial charge on any atom is -0.377 e. The van der Waals surface area contributed by atoms with Gasteiger partial charge in [-0.15, -0.1) is 0 Å². The molecule has 0 saturated heterocycles. The fourth-order valence-electron chi connectivity index (χ4n) is 0.829. The van der Waals surface area contributed by atoms with E-state index in [4.69, 9.17) is 11.6 Å². The van der Waals surface area contributed by atoms with Crippen molar-refractivity contribution in [3.05, 3.63) is 28.8 Å². The molecule has 0 aliphatic carbocycles. The molecule has 0 bridgehead atoms. The Balaban J connectivity index is 2.95. The molecule has 0 aliphatic heterocycles. The molecule has 70 valence electrons. The van der Waals surface area contributed by atoms with Gasteiger partial charge in [-0.2, -0.15) is 4.39 Å². The highest BCUT2D eigenvalue weighted by Gasteiger charge is 2.12. The van der Waals surface area contributed by atoms with Crippen molar-refractivity contribution in [2.75, 3.05) is 13.7 Å². The largest absolute Gasteiger partial charge is 0.377 e. The Labute approximate surface area is 79.5 Å². The predicted molar refractivity (Wildman–Crippen MR) is 45.4 cm³/mol. The molecular weight excluding hydrogens is 197 g/mol. The van der Waals surface area contributed by atoms with Gasteiger partial charge in [-0.25, -0.2) is 4.98 Å². The second kappa shape index (κ2) is 4.30. The van der Waals surface area contributed by atoms with Crippen molar-refractivity contribution in [2.24, 2.45) is 0 Å². The number of hydrogen-bond donors (Lipinski definition) is 0. The molecule has 0 amide bonds. The van der Waals surface area contributed by atoms with Crippen LogP contribution in [0.4, 0.5) is 4.39 Å². The van der Waals surface area contributed by atoms with Crippen molar-refractivity contribution in [1.29, 1.82) is 0 Å². The molecule has 3 nitrogen and oxygen atoms in total. The fourth-order valence-corrected chi connectivity index (χ4v) is 0.966. The Bertz CT molecular complexity index is 330. The van der Waals surface area contributed by atoms with Gasteiger partial charge in [-0.05, 0) is 12.1 Å². The van der Waals surface area contributed by atoms with Gasteiger partial charge >= 0.3 is 0 Å². The van der Waals surface area contributed by atoms with Crippen molar-refractivity contribution in [1.82, 2.24) is 4.98 Å². The van der Waals surface area contributed by atoms with Crippen LogP contribution in [-0.2, 0) is 4.74 Å². The number of carbonyl (C=O) groups excluding carboxylic acids is 1. The zero-order valence-corrected chi connectivity index (χ0v) is 7.64. The maximum absolute atomic E-state index is 13.0. The number of Topliss-reactive ketones (excluding diaryl/α,β-unsaturated/α-hetero) is 1. The number of carbonyl (C=O) groups is 1. The number of methoxy groups -OCH3 is 1. The zero-order valence-electron chi connectivity index (χ0n) is 6.88. The van der Waals surface area contributed by atoms with Crippen molar-refractivity contribution < 1.29 is 13.9 Å². The second-order valence-corrected chi connectivity index (χ2v) is 2.72. The molecule has 5 heteroatoms. The molecule has 0 unspecified atom stereocenters. The van der Waals surface area contributed by atoms with E-state index >= 15 is 0 Å². The normalized spacial score (nSPS) is 10.1. The molecule has 0 spiro atoms. The third-order valence-electron chi connectivity index (χ3n) is 1.39. The summed E-state index contributed by atoms with van der Waals surface area (Å²) in [5.74, 6) is -1.32. The third-order valence-corrected chi connectivity index (χ3v) is 1.60. The first kappa shape index (κ1) is 10.1. The van der Waals surface area contributed by atoms with Crippen LogP contribution in [0.5, 0.6) is 0 Å². The summed E-state index contributed by atoms with van der Waals surface area (Å²) in [6.45, 7) is -0.166. The first-order valence-electron chi connectivity index (χ1n) is 3.49. The van der Waals surface area contributed by atoms with Gasteiger partial charge < -0.3 is 4.74 Å². The number of pyridine rings is 1. The maximum atomic E-state index is 13.0. The highest BCUT2D eigenvalue weighted by atomic mass is 35.5. The second-order valence-electron chi connectivity index (χ2n) is 2.33. The van der Waals surface area contributed by atoms with E-state index in [9.17, 15) is 9.18 Å². The SMILES string of the molecule is COCC(=O)c1ccc(Cl)nc1F. The van der Waals surface area contributed by atoms with Gasteiger partial charge in [0.15, 0.2) is 5.78 Å². The molecule has 13 heavy (non-hydrogen) atoms. The molecular formula is C8H7ClFNO2. The average molecular weight is 204 g/mol. The number of ketones is 1. The van der Waals surface area contributed by atoms with Crippen LogP contribution in [0.2, 0.25) is 5.15 Å². The van der Waals surface area contributed by atoms with E-state index in [1.807, 2.05) is 0 Å². The van der Waals surface area contributed by atoms with E-state index in [1.165, 1.54) is 19.2 Å². The summed E-state index contributed by atoms with van der Waals surface area (Å²) in [5, 5.41) is 0.0199. The van der Waals surface area contributed by atoms with E-state index < -0.39 is 11.7 Å². The molecule has 0 N–H and O–H groups in total. The molecule has 0 aliphatic rings. The predicted octanol–water partition coefficient (Wildman–Crippen LogP) is 1.70. The van der Waals surface area contributed by atoms with Crippen LogP contribution >= 0.6 is 11.6 Å². The van der Waals surface area contributed by atoms with Crippen LogP contribution in [0, 0.1) is 5.95 Å². The van der Waals surface area contributed by atoms with Crippen molar-refractivity contribution >= 4 is 17.4 Å². The van der Waals surface area contributed by atoms with Crippen LogP contribution in [-0.4, -0.2) is 24.5 Å². The van der Waals surface area contributed by atoms with Crippen LogP contribution in [0.15, 0.2) is 12.1 Å². The monoisotopic (exact) mass is 203 g/mol. The van der Waals surface area contributed by atoms with Gasteiger partial charge in [0.2, 0.25) is 5.95 Å². The maximum Gasteiger partial charge on any atom is 0.225 e. The van der Waals surface area contributed by atoms with Gasteiger partial charge in [-0.1, -0.05) is 11.6 Å². The molecule has 1 rings (SSSR count). The Morgan fingerprint density at radius 2 is 2.38 bits per heavy atom. The Morgan fingerprint density at radius 1 is 1.69 bits per heavy atom. The smallest absolute Gasteiger partial charge is 0.225 e. The molecule has 0 radical (unpaired) electrons. The highest BCUT2D eigenvalue weighted by molar-refractivity contribution is 6.29. The summed E-state index contributed by atoms with van der Waals surface area (Å²) >= 11 is 5.41.